The molecule has 0 saturated heterocycles. The summed E-state index contributed by atoms with van der Waals surface area (Å²) in [6.45, 7) is 3.98. The fourth-order valence-corrected chi connectivity index (χ4v) is 3.29. The Labute approximate surface area is 102 Å². The van der Waals surface area contributed by atoms with E-state index in [0.717, 1.165) is 16.5 Å². The van der Waals surface area contributed by atoms with Gasteiger partial charge in [0.1, 0.15) is 4.70 Å². The van der Waals surface area contributed by atoms with Crippen molar-refractivity contribution in [2.24, 2.45) is 0 Å². The Morgan fingerprint density at radius 1 is 1.12 bits per heavy atom. The molecule has 3 aromatic rings. The standard InChI is InChI=1S/C13H10ClOS/c1-7-5-11-10-6-9(14)3-4-12(10)16-13(11)8(2)15-7/h3-6H,1-2H3/q+1. The second-order valence-electron chi connectivity index (χ2n) is 3.90. The monoisotopic (exact) mass is 249 g/mol. The molecular weight excluding hydrogens is 240 g/mol. The molecule has 0 radical (unpaired) electrons. The topological polar surface area (TPSA) is 11.3 Å². The fraction of sp³-hybridized carbons (Fsp3) is 0.154. The molecule has 0 saturated carbocycles. The molecule has 0 atom stereocenters. The van der Waals surface area contributed by atoms with Crippen LogP contribution in [-0.4, -0.2) is 0 Å². The van der Waals surface area contributed by atoms with Crippen LogP contribution in [0.4, 0.5) is 0 Å². The van der Waals surface area contributed by atoms with Crippen LogP contribution in [0.15, 0.2) is 28.7 Å². The van der Waals surface area contributed by atoms with Crippen LogP contribution in [0.2, 0.25) is 5.02 Å². The predicted octanol–water partition coefficient (Wildman–Crippen LogP) is 5.20. The Bertz CT molecular complexity index is 700. The molecule has 0 fully saturated rings. The van der Waals surface area contributed by atoms with E-state index in [1.54, 1.807) is 11.3 Å². The van der Waals surface area contributed by atoms with E-state index in [-0.39, 0.29) is 0 Å². The third-order valence-corrected chi connectivity index (χ3v) is 4.19. The first-order chi connectivity index (χ1) is 7.65. The fourth-order valence-electron chi connectivity index (χ4n) is 2.01. The second kappa shape index (κ2) is 3.44. The average molecular weight is 250 g/mol. The molecule has 3 rings (SSSR count). The Kier molecular flexibility index (Phi) is 2.16. The van der Waals surface area contributed by atoms with Crippen molar-refractivity contribution in [3.05, 3.63) is 40.8 Å². The van der Waals surface area contributed by atoms with E-state index in [4.69, 9.17) is 16.0 Å². The minimum absolute atomic E-state index is 0.781. The summed E-state index contributed by atoms with van der Waals surface area (Å²) in [6.07, 6.45) is 0. The van der Waals surface area contributed by atoms with Gasteiger partial charge < -0.3 is 0 Å². The number of fused-ring (bicyclic) bond motifs is 3. The van der Waals surface area contributed by atoms with Gasteiger partial charge in [-0.05, 0) is 18.2 Å². The van der Waals surface area contributed by atoms with Crippen molar-refractivity contribution in [2.45, 2.75) is 13.8 Å². The van der Waals surface area contributed by atoms with Gasteiger partial charge in [0.25, 0.3) is 0 Å². The van der Waals surface area contributed by atoms with Crippen molar-refractivity contribution in [3.8, 4) is 0 Å². The highest BCUT2D eigenvalue weighted by Crippen LogP contribution is 2.37. The van der Waals surface area contributed by atoms with Gasteiger partial charge in [-0.15, -0.1) is 11.3 Å². The van der Waals surface area contributed by atoms with Crippen LogP contribution in [0.5, 0.6) is 0 Å². The molecule has 2 aromatic heterocycles. The predicted molar refractivity (Wildman–Crippen MR) is 70.5 cm³/mol. The van der Waals surface area contributed by atoms with Gasteiger partial charge in [-0.25, -0.2) is 4.42 Å². The molecular formula is C13H10ClOS+. The van der Waals surface area contributed by atoms with Crippen LogP contribution in [0, 0.1) is 13.8 Å². The van der Waals surface area contributed by atoms with Crippen molar-refractivity contribution in [2.75, 3.05) is 0 Å². The van der Waals surface area contributed by atoms with Crippen LogP contribution in [0.25, 0.3) is 20.2 Å². The summed E-state index contributed by atoms with van der Waals surface area (Å²) in [5, 5.41) is 3.24. The summed E-state index contributed by atoms with van der Waals surface area (Å²) < 4.78 is 8.09. The Morgan fingerprint density at radius 3 is 2.75 bits per heavy atom. The van der Waals surface area contributed by atoms with Crippen LogP contribution in [0.1, 0.15) is 11.5 Å². The van der Waals surface area contributed by atoms with Gasteiger partial charge in [-0.2, -0.15) is 0 Å². The maximum atomic E-state index is 6.04. The summed E-state index contributed by atoms with van der Waals surface area (Å²) in [7, 11) is 0. The number of aryl methyl sites for hydroxylation is 2. The summed E-state index contributed by atoms with van der Waals surface area (Å²) >= 11 is 7.79. The van der Waals surface area contributed by atoms with Gasteiger partial charge >= 0.3 is 11.5 Å². The number of thiophene rings is 1. The lowest BCUT2D eigenvalue weighted by molar-refractivity contribution is 0.495. The zero-order chi connectivity index (χ0) is 11.3. The molecule has 0 bridgehead atoms. The first-order valence-electron chi connectivity index (χ1n) is 5.07. The Balaban J connectivity index is 2.57. The highest BCUT2D eigenvalue weighted by atomic mass is 35.5. The molecule has 0 spiro atoms. The molecule has 0 aliphatic carbocycles. The Hall–Kier alpha value is -1.12. The lowest BCUT2D eigenvalue weighted by atomic mass is 10.1. The number of rotatable bonds is 0. The van der Waals surface area contributed by atoms with E-state index in [0.29, 0.717) is 0 Å². The summed E-state index contributed by atoms with van der Waals surface area (Å²) in [5.74, 6) is 1.91. The molecule has 2 heterocycles. The number of hydrogen-bond donors (Lipinski definition) is 0. The van der Waals surface area contributed by atoms with Gasteiger partial charge in [0.2, 0.25) is 0 Å². The van der Waals surface area contributed by atoms with E-state index < -0.39 is 0 Å². The third-order valence-electron chi connectivity index (χ3n) is 2.67. The van der Waals surface area contributed by atoms with Gasteiger partial charge in [0, 0.05) is 26.6 Å². The minimum Gasteiger partial charge on any atom is -0.217 e. The van der Waals surface area contributed by atoms with Crippen LogP contribution >= 0.6 is 22.9 Å². The zero-order valence-corrected chi connectivity index (χ0v) is 10.6. The average Bonchev–Trinajstić information content (AvgIpc) is 2.57. The molecule has 0 aliphatic heterocycles. The third kappa shape index (κ3) is 1.41. The molecule has 0 aliphatic rings. The quantitative estimate of drug-likeness (QED) is 0.499. The summed E-state index contributed by atoms with van der Waals surface area (Å²) in [4.78, 5) is 0. The van der Waals surface area contributed by atoms with Crippen LogP contribution in [-0.2, 0) is 0 Å². The maximum absolute atomic E-state index is 6.04. The largest absolute Gasteiger partial charge is 0.344 e. The Morgan fingerprint density at radius 2 is 1.94 bits per heavy atom. The van der Waals surface area contributed by atoms with Gasteiger partial charge in [-0.3, -0.25) is 0 Å². The molecule has 0 amide bonds. The highest BCUT2D eigenvalue weighted by molar-refractivity contribution is 7.26. The van der Waals surface area contributed by atoms with Crippen molar-refractivity contribution < 1.29 is 4.42 Å². The summed E-state index contributed by atoms with van der Waals surface area (Å²) in [6, 6.07) is 8.10. The first-order valence-corrected chi connectivity index (χ1v) is 6.27. The molecule has 3 heteroatoms. The van der Waals surface area contributed by atoms with Crippen molar-refractivity contribution >= 4 is 43.1 Å². The summed E-state index contributed by atoms with van der Waals surface area (Å²) in [5.41, 5.74) is 0. The van der Waals surface area contributed by atoms with Crippen molar-refractivity contribution in [1.29, 1.82) is 0 Å². The van der Waals surface area contributed by atoms with Gasteiger partial charge in [0.15, 0.2) is 0 Å². The van der Waals surface area contributed by atoms with Crippen LogP contribution in [0.3, 0.4) is 0 Å². The first kappa shape index (κ1) is 10.1. The van der Waals surface area contributed by atoms with Gasteiger partial charge in [0.05, 0.1) is 13.8 Å². The number of hydrogen-bond acceptors (Lipinski definition) is 1. The second-order valence-corrected chi connectivity index (χ2v) is 5.39. The minimum atomic E-state index is 0.781. The number of halogens is 1. The SMILES string of the molecule is Cc1cc2c(sc3ccc(Cl)cc32)c(C)[o+]1. The highest BCUT2D eigenvalue weighted by Gasteiger charge is 2.16. The van der Waals surface area contributed by atoms with E-state index in [2.05, 4.69) is 12.1 Å². The van der Waals surface area contributed by atoms with E-state index in [1.165, 1.54) is 20.2 Å². The van der Waals surface area contributed by atoms with Gasteiger partial charge in [-0.1, -0.05) is 11.6 Å². The molecule has 16 heavy (non-hydrogen) atoms. The maximum Gasteiger partial charge on any atom is 0.344 e. The van der Waals surface area contributed by atoms with Crippen LogP contribution < -0.4 is 0 Å². The number of benzene rings is 1. The van der Waals surface area contributed by atoms with Crippen molar-refractivity contribution in [3.63, 3.8) is 0 Å². The van der Waals surface area contributed by atoms with E-state index in [9.17, 15) is 0 Å². The molecule has 1 nitrogen and oxygen atoms in total. The molecule has 1 aromatic carbocycles. The molecule has 0 unspecified atom stereocenters. The molecule has 80 valence electrons. The van der Waals surface area contributed by atoms with E-state index >= 15 is 0 Å². The smallest absolute Gasteiger partial charge is 0.217 e. The zero-order valence-electron chi connectivity index (χ0n) is 9.00. The van der Waals surface area contributed by atoms with E-state index in [1.807, 2.05) is 26.0 Å². The lowest BCUT2D eigenvalue weighted by Gasteiger charge is -1.91. The normalized spacial score (nSPS) is 11.4. The van der Waals surface area contributed by atoms with Crippen molar-refractivity contribution in [1.82, 2.24) is 0 Å². The molecule has 0 N–H and O–H groups in total. The lowest BCUT2D eigenvalue weighted by Crippen LogP contribution is -1.76.